The number of carbonyl (C=O) groups excluding carboxylic acids is 2. The summed E-state index contributed by atoms with van der Waals surface area (Å²) in [6, 6.07) is 4.11. The Hall–Kier alpha value is -2.51. The average molecular weight is 381 g/mol. The number of thiocarbonyl (C=S) groups is 1. The van der Waals surface area contributed by atoms with Gasteiger partial charge in [-0.3, -0.25) is 9.80 Å². The third kappa shape index (κ3) is 4.77. The predicted octanol–water partition coefficient (Wildman–Crippen LogP) is 3.63. The minimum absolute atomic E-state index is 0.0393. The number of halogens is 1. The fourth-order valence-corrected chi connectivity index (χ4v) is 2.41. The molecule has 0 aliphatic carbocycles. The van der Waals surface area contributed by atoms with Gasteiger partial charge in [0.2, 0.25) is 0 Å². The Morgan fingerprint density at radius 2 is 2.23 bits per heavy atom. The van der Waals surface area contributed by atoms with E-state index in [1.807, 2.05) is 0 Å². The van der Waals surface area contributed by atoms with E-state index in [-0.39, 0.29) is 18.8 Å². The molecule has 1 aromatic carbocycles. The summed E-state index contributed by atoms with van der Waals surface area (Å²) in [4.78, 5) is 30.1. The van der Waals surface area contributed by atoms with Crippen LogP contribution in [0.15, 0.2) is 23.2 Å². The third-order valence-electron chi connectivity index (χ3n) is 3.51. The number of isothiocyanates is 1. The lowest BCUT2D eigenvalue weighted by molar-refractivity contribution is 0.0588. The molecule has 1 aliphatic rings. The Labute approximate surface area is 156 Å². The van der Waals surface area contributed by atoms with Crippen LogP contribution in [0.2, 0.25) is 0 Å². The Bertz CT molecular complexity index is 759. The van der Waals surface area contributed by atoms with Gasteiger partial charge in [0.05, 0.1) is 29.6 Å². The lowest BCUT2D eigenvalue weighted by atomic mass is 10.2. The number of ether oxygens (including phenoxy) is 2. The number of rotatable bonds is 4. The number of nitrogens with zero attached hydrogens (tertiary/aromatic N) is 3. The summed E-state index contributed by atoms with van der Waals surface area (Å²) in [6.07, 6.45) is -1.74. The zero-order valence-electron chi connectivity index (χ0n) is 15.0. The summed E-state index contributed by atoms with van der Waals surface area (Å²) in [5.41, 5.74) is -0.332. The van der Waals surface area contributed by atoms with Crippen LogP contribution in [-0.4, -0.2) is 49.2 Å². The molecule has 1 aliphatic heterocycles. The van der Waals surface area contributed by atoms with E-state index in [0.717, 1.165) is 4.90 Å². The van der Waals surface area contributed by atoms with Crippen LogP contribution >= 0.6 is 12.2 Å². The molecule has 0 spiro atoms. The van der Waals surface area contributed by atoms with Gasteiger partial charge in [0.25, 0.3) is 0 Å². The Balaban J connectivity index is 2.15. The third-order valence-corrected chi connectivity index (χ3v) is 3.63. The fraction of sp³-hybridized carbons (Fsp3) is 0.471. The molecule has 140 valence electrons. The van der Waals surface area contributed by atoms with Gasteiger partial charge in [-0.25, -0.2) is 19.0 Å². The highest BCUT2D eigenvalue weighted by Crippen LogP contribution is 2.28. The molecule has 7 nitrogen and oxygen atoms in total. The predicted molar refractivity (Wildman–Crippen MR) is 98.5 cm³/mol. The average Bonchev–Trinajstić information content (AvgIpc) is 2.91. The monoisotopic (exact) mass is 381 g/mol. The van der Waals surface area contributed by atoms with E-state index in [0.29, 0.717) is 5.69 Å². The molecule has 0 saturated carbocycles. The maximum atomic E-state index is 14.5. The molecule has 9 heteroatoms. The molecule has 0 bridgehead atoms. The normalized spacial score (nSPS) is 16.7. The van der Waals surface area contributed by atoms with E-state index in [9.17, 15) is 14.0 Å². The zero-order valence-corrected chi connectivity index (χ0v) is 15.8. The lowest BCUT2D eigenvalue weighted by Crippen LogP contribution is -2.34. The maximum Gasteiger partial charge on any atom is 0.414 e. The Kier molecular flexibility index (Phi) is 5.94. The second kappa shape index (κ2) is 7.80. The molecule has 0 unspecified atom stereocenters. The van der Waals surface area contributed by atoms with Gasteiger partial charge in [-0.15, -0.1) is 0 Å². The van der Waals surface area contributed by atoms with Gasteiger partial charge in [-0.1, -0.05) is 0 Å². The van der Waals surface area contributed by atoms with E-state index >= 15 is 0 Å². The molecule has 1 fully saturated rings. The van der Waals surface area contributed by atoms with Gasteiger partial charge in [0.15, 0.2) is 0 Å². The second-order valence-electron chi connectivity index (χ2n) is 6.72. The summed E-state index contributed by atoms with van der Waals surface area (Å²) in [5.74, 6) is -0.663. The van der Waals surface area contributed by atoms with Crippen LogP contribution in [0.1, 0.15) is 20.8 Å². The second-order valence-corrected chi connectivity index (χ2v) is 6.91. The molecule has 0 N–H and O–H groups in total. The van der Waals surface area contributed by atoms with Gasteiger partial charge in [-0.2, -0.15) is 0 Å². The number of carbonyl (C=O) groups is 2. The molecular weight excluding hydrogens is 361 g/mol. The number of anilines is 2. The molecule has 1 aromatic rings. The molecule has 2 rings (SSSR count). The zero-order chi connectivity index (χ0) is 19.5. The van der Waals surface area contributed by atoms with Crippen LogP contribution in [0.3, 0.4) is 0 Å². The number of hydrogen-bond donors (Lipinski definition) is 0. The quantitative estimate of drug-likeness (QED) is 0.588. The maximum absolute atomic E-state index is 14.5. The van der Waals surface area contributed by atoms with Crippen LogP contribution in [0, 0.1) is 5.82 Å². The summed E-state index contributed by atoms with van der Waals surface area (Å²) in [6.45, 7) is 5.60. The van der Waals surface area contributed by atoms with Crippen molar-refractivity contribution in [2.45, 2.75) is 32.5 Å². The van der Waals surface area contributed by atoms with E-state index in [4.69, 9.17) is 9.47 Å². The van der Waals surface area contributed by atoms with Crippen molar-refractivity contribution in [2.24, 2.45) is 4.99 Å². The van der Waals surface area contributed by atoms with Crippen LogP contribution in [-0.2, 0) is 9.47 Å². The SMILES string of the molecule is CN(C(=O)OC(C)(C)C)c1ccc(N2C[C@H](CN=C=S)OC2=O)cc1F. The van der Waals surface area contributed by atoms with Crippen molar-refractivity contribution < 1.29 is 23.5 Å². The molecule has 26 heavy (non-hydrogen) atoms. The first-order valence-electron chi connectivity index (χ1n) is 7.90. The largest absolute Gasteiger partial charge is 0.443 e. The first kappa shape index (κ1) is 19.8. The molecule has 1 saturated heterocycles. The van der Waals surface area contributed by atoms with E-state index in [1.54, 1.807) is 20.8 Å². The molecule has 1 atom stereocenters. The number of benzene rings is 1. The van der Waals surface area contributed by atoms with Gasteiger partial charge < -0.3 is 9.47 Å². The number of amides is 2. The Morgan fingerprint density at radius 3 is 2.81 bits per heavy atom. The molecule has 0 radical (unpaired) electrons. The van der Waals surface area contributed by atoms with Crippen molar-refractivity contribution in [3.05, 3.63) is 24.0 Å². The molecule has 0 aromatic heterocycles. The minimum Gasteiger partial charge on any atom is -0.443 e. The topological polar surface area (TPSA) is 71.4 Å². The van der Waals surface area contributed by atoms with Gasteiger partial charge >= 0.3 is 12.2 Å². The van der Waals surface area contributed by atoms with Crippen molar-refractivity contribution in [3.8, 4) is 0 Å². The lowest BCUT2D eigenvalue weighted by Gasteiger charge is -2.25. The van der Waals surface area contributed by atoms with Crippen LogP contribution in [0.5, 0.6) is 0 Å². The van der Waals surface area contributed by atoms with Crippen LogP contribution in [0.4, 0.5) is 25.4 Å². The highest BCUT2D eigenvalue weighted by Gasteiger charge is 2.33. The minimum atomic E-state index is -0.693. The molecule has 2 amide bonds. The summed E-state index contributed by atoms with van der Waals surface area (Å²) in [5, 5.41) is 2.21. The van der Waals surface area contributed by atoms with Gasteiger partial charge in [-0.05, 0) is 51.2 Å². The van der Waals surface area contributed by atoms with E-state index in [2.05, 4.69) is 22.4 Å². The van der Waals surface area contributed by atoms with Crippen molar-refractivity contribution in [2.75, 3.05) is 29.9 Å². The number of aliphatic imine (C=N–C) groups is 1. The summed E-state index contributed by atoms with van der Waals surface area (Å²) < 4.78 is 24.9. The highest BCUT2D eigenvalue weighted by molar-refractivity contribution is 7.78. The first-order chi connectivity index (χ1) is 12.1. The fourth-order valence-electron chi connectivity index (χ4n) is 2.33. The van der Waals surface area contributed by atoms with Crippen molar-refractivity contribution in [1.29, 1.82) is 0 Å². The standard InChI is InChI=1S/C17H20FN3O4S/c1-17(2,3)25-15(22)20(4)14-6-5-11(7-13(14)18)21-9-12(8-19-10-26)24-16(21)23/h5-7,12H,8-9H2,1-4H3/t12-/m0/s1. The molecule has 1 heterocycles. The van der Waals surface area contributed by atoms with Gasteiger partial charge in [0.1, 0.15) is 17.5 Å². The van der Waals surface area contributed by atoms with Crippen molar-refractivity contribution >= 4 is 40.9 Å². The highest BCUT2D eigenvalue weighted by atomic mass is 32.1. The van der Waals surface area contributed by atoms with E-state index < -0.39 is 29.7 Å². The van der Waals surface area contributed by atoms with Gasteiger partial charge in [0, 0.05) is 7.05 Å². The van der Waals surface area contributed by atoms with E-state index in [1.165, 1.54) is 30.1 Å². The number of cyclic esters (lactones) is 1. The summed E-state index contributed by atoms with van der Waals surface area (Å²) >= 11 is 4.49. The smallest absolute Gasteiger partial charge is 0.414 e. The number of hydrogen-bond acceptors (Lipinski definition) is 6. The Morgan fingerprint density at radius 1 is 1.54 bits per heavy atom. The summed E-state index contributed by atoms with van der Waals surface area (Å²) in [7, 11) is 1.41. The van der Waals surface area contributed by atoms with Crippen LogP contribution in [0.25, 0.3) is 0 Å². The van der Waals surface area contributed by atoms with Crippen molar-refractivity contribution in [1.82, 2.24) is 0 Å². The van der Waals surface area contributed by atoms with Crippen LogP contribution < -0.4 is 9.80 Å². The molecular formula is C17H20FN3O4S. The first-order valence-corrected chi connectivity index (χ1v) is 8.31. The van der Waals surface area contributed by atoms with Crippen molar-refractivity contribution in [3.63, 3.8) is 0 Å².